The molecule has 0 bridgehead atoms. The van der Waals surface area contributed by atoms with Crippen LogP contribution in [0.4, 0.5) is 10.2 Å². The summed E-state index contributed by atoms with van der Waals surface area (Å²) in [5, 5.41) is 0. The molecule has 1 aromatic heterocycles. The second kappa shape index (κ2) is 4.44. The fraction of sp³-hybridized carbons (Fsp3) is 0.636. The first kappa shape index (κ1) is 12.0. The van der Waals surface area contributed by atoms with E-state index in [1.165, 1.54) is 24.1 Å². The molecule has 2 heterocycles. The average Bonchev–Trinajstić information content (AvgIpc) is 2.65. The van der Waals surface area contributed by atoms with Gasteiger partial charge in [-0.1, -0.05) is 0 Å². The lowest BCUT2D eigenvalue weighted by Crippen LogP contribution is -2.34. The smallest absolute Gasteiger partial charge is 0.255 e. The molecule has 0 N–H and O–H groups in total. The van der Waals surface area contributed by atoms with E-state index in [0.29, 0.717) is 18.8 Å². The minimum absolute atomic E-state index is 0.0777. The number of methoxy groups -OCH3 is 1. The Morgan fingerprint density at radius 1 is 1.65 bits per heavy atom. The third kappa shape index (κ3) is 2.46. The summed E-state index contributed by atoms with van der Waals surface area (Å²) in [6.07, 6.45) is 1.85. The fourth-order valence-electron chi connectivity index (χ4n) is 2.03. The number of aromatic nitrogens is 2. The second-order valence-corrected chi connectivity index (χ2v) is 4.45. The van der Waals surface area contributed by atoms with Crippen LogP contribution in [0.15, 0.2) is 17.2 Å². The Hall–Kier alpha value is -1.43. The van der Waals surface area contributed by atoms with E-state index in [4.69, 9.17) is 4.74 Å². The largest absolute Gasteiger partial charge is 0.381 e. The lowest BCUT2D eigenvalue weighted by molar-refractivity contribution is 0.0570. The highest BCUT2D eigenvalue weighted by molar-refractivity contribution is 5.39. The Balaban J connectivity index is 2.15. The van der Waals surface area contributed by atoms with Crippen LogP contribution in [0.25, 0.3) is 0 Å². The summed E-state index contributed by atoms with van der Waals surface area (Å²) >= 11 is 0. The van der Waals surface area contributed by atoms with Crippen LogP contribution in [0.2, 0.25) is 0 Å². The zero-order valence-corrected chi connectivity index (χ0v) is 10.0. The molecule has 1 unspecified atom stereocenters. The first-order valence-corrected chi connectivity index (χ1v) is 5.49. The van der Waals surface area contributed by atoms with Gasteiger partial charge in [0.05, 0.1) is 19.5 Å². The number of aryl methyl sites for hydroxylation is 1. The van der Waals surface area contributed by atoms with E-state index in [0.717, 1.165) is 0 Å². The van der Waals surface area contributed by atoms with Crippen LogP contribution in [0, 0.1) is 0 Å². The molecule has 6 heteroatoms. The molecule has 1 fully saturated rings. The molecule has 0 amide bonds. The van der Waals surface area contributed by atoms with Gasteiger partial charge in [-0.15, -0.1) is 0 Å². The summed E-state index contributed by atoms with van der Waals surface area (Å²) in [5.74, 6) is 0.531. The molecule has 17 heavy (non-hydrogen) atoms. The lowest BCUT2D eigenvalue weighted by atomic mass is 10.1. The minimum Gasteiger partial charge on any atom is -0.381 e. The SMILES string of the molecule is COCC1(F)CCN(c2cc(=O)n(C)cn2)C1. The Labute approximate surface area is 98.8 Å². The Bertz CT molecular complexity index is 462. The van der Waals surface area contributed by atoms with Gasteiger partial charge in [-0.25, -0.2) is 9.37 Å². The summed E-state index contributed by atoms with van der Waals surface area (Å²) in [7, 11) is 3.12. The van der Waals surface area contributed by atoms with Gasteiger partial charge >= 0.3 is 0 Å². The lowest BCUT2D eigenvalue weighted by Gasteiger charge is -2.20. The van der Waals surface area contributed by atoms with Crippen molar-refractivity contribution in [2.24, 2.45) is 7.05 Å². The number of alkyl halides is 1. The number of halogens is 1. The van der Waals surface area contributed by atoms with E-state index < -0.39 is 5.67 Å². The van der Waals surface area contributed by atoms with E-state index in [-0.39, 0.29) is 18.7 Å². The number of hydrogen-bond donors (Lipinski definition) is 0. The molecule has 94 valence electrons. The molecule has 1 atom stereocenters. The average molecular weight is 241 g/mol. The van der Waals surface area contributed by atoms with Crippen molar-refractivity contribution in [1.82, 2.24) is 9.55 Å². The van der Waals surface area contributed by atoms with Gasteiger partial charge in [-0.05, 0) is 0 Å². The van der Waals surface area contributed by atoms with Crippen molar-refractivity contribution in [1.29, 1.82) is 0 Å². The van der Waals surface area contributed by atoms with Gasteiger partial charge in [-0.3, -0.25) is 4.79 Å². The molecular formula is C11H16FN3O2. The third-order valence-corrected chi connectivity index (χ3v) is 2.99. The van der Waals surface area contributed by atoms with Gasteiger partial charge in [-0.2, -0.15) is 0 Å². The molecule has 1 aliphatic rings. The molecule has 2 rings (SSSR count). The summed E-state index contributed by atoms with van der Waals surface area (Å²) in [5.41, 5.74) is -1.48. The molecule has 1 aromatic rings. The van der Waals surface area contributed by atoms with Crippen LogP contribution in [0.5, 0.6) is 0 Å². The van der Waals surface area contributed by atoms with Crippen molar-refractivity contribution in [3.05, 3.63) is 22.7 Å². The van der Waals surface area contributed by atoms with Gasteiger partial charge < -0.3 is 14.2 Å². The van der Waals surface area contributed by atoms with Gasteiger partial charge in [0.15, 0.2) is 5.67 Å². The van der Waals surface area contributed by atoms with E-state index in [1.54, 1.807) is 11.9 Å². The molecule has 0 spiro atoms. The van der Waals surface area contributed by atoms with Crippen molar-refractivity contribution in [3.8, 4) is 0 Å². The maximum absolute atomic E-state index is 14.2. The van der Waals surface area contributed by atoms with Gasteiger partial charge in [0.1, 0.15) is 5.82 Å². The van der Waals surface area contributed by atoms with Crippen molar-refractivity contribution in [2.75, 3.05) is 31.7 Å². The van der Waals surface area contributed by atoms with E-state index in [9.17, 15) is 9.18 Å². The van der Waals surface area contributed by atoms with Crippen LogP contribution in [0.3, 0.4) is 0 Å². The first-order valence-electron chi connectivity index (χ1n) is 5.49. The van der Waals surface area contributed by atoms with Crippen LogP contribution in [-0.4, -0.2) is 42.0 Å². The van der Waals surface area contributed by atoms with Crippen molar-refractivity contribution in [3.63, 3.8) is 0 Å². The third-order valence-electron chi connectivity index (χ3n) is 2.99. The standard InChI is InChI=1S/C11H16FN3O2/c1-14-8-13-9(5-10(14)16)15-4-3-11(12,6-15)7-17-2/h5,8H,3-4,6-7H2,1-2H3. The number of nitrogens with zero attached hydrogens (tertiary/aromatic N) is 3. The molecule has 5 nitrogen and oxygen atoms in total. The molecule has 0 saturated carbocycles. The first-order chi connectivity index (χ1) is 8.04. The highest BCUT2D eigenvalue weighted by atomic mass is 19.1. The number of hydrogen-bond acceptors (Lipinski definition) is 4. The van der Waals surface area contributed by atoms with Crippen molar-refractivity contribution in [2.45, 2.75) is 12.1 Å². The molecule has 1 saturated heterocycles. The Morgan fingerprint density at radius 2 is 2.41 bits per heavy atom. The quantitative estimate of drug-likeness (QED) is 0.766. The van der Waals surface area contributed by atoms with E-state index >= 15 is 0 Å². The molecule has 0 aromatic carbocycles. The number of ether oxygens (including phenoxy) is 1. The maximum atomic E-state index is 14.2. The predicted molar refractivity (Wildman–Crippen MR) is 62.0 cm³/mol. The van der Waals surface area contributed by atoms with Crippen LogP contribution in [-0.2, 0) is 11.8 Å². The molecular weight excluding hydrogens is 225 g/mol. The zero-order valence-electron chi connectivity index (χ0n) is 10.0. The Morgan fingerprint density at radius 3 is 3.06 bits per heavy atom. The molecule has 1 aliphatic heterocycles. The highest BCUT2D eigenvalue weighted by Gasteiger charge is 2.38. The van der Waals surface area contributed by atoms with Gasteiger partial charge in [0, 0.05) is 33.2 Å². The Kier molecular flexibility index (Phi) is 3.15. The highest BCUT2D eigenvalue weighted by Crippen LogP contribution is 2.28. The topological polar surface area (TPSA) is 47.4 Å². The summed E-state index contributed by atoms with van der Waals surface area (Å²) in [6, 6.07) is 1.43. The van der Waals surface area contributed by atoms with Crippen molar-refractivity contribution >= 4 is 5.82 Å². The number of rotatable bonds is 3. The van der Waals surface area contributed by atoms with Crippen LogP contribution < -0.4 is 10.5 Å². The van der Waals surface area contributed by atoms with E-state index in [1.807, 2.05) is 0 Å². The summed E-state index contributed by atoms with van der Waals surface area (Å²) < 4.78 is 20.4. The van der Waals surface area contributed by atoms with Gasteiger partial charge in [0.25, 0.3) is 5.56 Å². The summed E-state index contributed by atoms with van der Waals surface area (Å²) in [6.45, 7) is 0.857. The molecule has 0 radical (unpaired) electrons. The van der Waals surface area contributed by atoms with E-state index in [2.05, 4.69) is 4.98 Å². The molecule has 0 aliphatic carbocycles. The normalized spacial score (nSPS) is 24.3. The van der Waals surface area contributed by atoms with Crippen molar-refractivity contribution < 1.29 is 9.13 Å². The number of anilines is 1. The monoisotopic (exact) mass is 241 g/mol. The zero-order chi connectivity index (χ0) is 12.5. The maximum Gasteiger partial charge on any atom is 0.255 e. The van der Waals surface area contributed by atoms with Crippen LogP contribution in [0.1, 0.15) is 6.42 Å². The second-order valence-electron chi connectivity index (χ2n) is 4.45. The predicted octanol–water partition coefficient (Wildman–Crippen LogP) is 0.345. The minimum atomic E-state index is -1.34. The van der Waals surface area contributed by atoms with Gasteiger partial charge in [0.2, 0.25) is 0 Å². The summed E-state index contributed by atoms with van der Waals surface area (Å²) in [4.78, 5) is 17.4. The fourth-order valence-corrected chi connectivity index (χ4v) is 2.03. The van der Waals surface area contributed by atoms with Crippen LogP contribution >= 0.6 is 0 Å².